The maximum Gasteiger partial charge on any atom is 0.335 e. The van der Waals surface area contributed by atoms with Crippen LogP contribution >= 0.6 is 0 Å². The first-order valence-corrected chi connectivity index (χ1v) is 7.25. The zero-order chi connectivity index (χ0) is 16.1. The Labute approximate surface area is 133 Å². The lowest BCUT2D eigenvalue weighted by atomic mass is 10.2. The molecule has 0 aliphatic heterocycles. The van der Waals surface area contributed by atoms with Gasteiger partial charge in [0.05, 0.1) is 17.8 Å². The molecule has 3 rings (SSSR count). The number of carboxylic acid groups (broad SMARTS) is 1. The van der Waals surface area contributed by atoms with E-state index in [9.17, 15) is 4.79 Å². The van der Waals surface area contributed by atoms with E-state index < -0.39 is 5.97 Å². The molecule has 23 heavy (non-hydrogen) atoms. The van der Waals surface area contributed by atoms with Crippen molar-refractivity contribution in [3.8, 4) is 11.3 Å². The first-order valence-electron chi connectivity index (χ1n) is 7.25. The summed E-state index contributed by atoms with van der Waals surface area (Å²) in [6.45, 7) is 1.02. The number of aromatic nitrogens is 1. The van der Waals surface area contributed by atoms with Crippen molar-refractivity contribution in [2.75, 3.05) is 0 Å². The molecule has 0 unspecified atom stereocenters. The topological polar surface area (TPSA) is 75.4 Å². The Kier molecular flexibility index (Phi) is 4.49. The van der Waals surface area contributed by atoms with Gasteiger partial charge in [0.1, 0.15) is 11.5 Å². The van der Waals surface area contributed by atoms with Crippen molar-refractivity contribution in [1.29, 1.82) is 0 Å². The van der Waals surface area contributed by atoms with Gasteiger partial charge in [-0.05, 0) is 24.3 Å². The number of nitrogens with zero attached hydrogens (tertiary/aromatic N) is 1. The molecule has 5 heteroatoms. The molecular formula is C18H16N2O3. The molecule has 0 aliphatic carbocycles. The van der Waals surface area contributed by atoms with Crippen LogP contribution in [0.4, 0.5) is 0 Å². The van der Waals surface area contributed by atoms with E-state index in [1.54, 1.807) is 6.07 Å². The van der Waals surface area contributed by atoms with Gasteiger partial charge in [0.15, 0.2) is 0 Å². The Hall–Kier alpha value is -2.92. The van der Waals surface area contributed by atoms with E-state index in [1.807, 2.05) is 42.5 Å². The minimum absolute atomic E-state index is 0.237. The van der Waals surface area contributed by atoms with Gasteiger partial charge in [-0.2, -0.15) is 0 Å². The minimum atomic E-state index is -0.952. The van der Waals surface area contributed by atoms with Crippen molar-refractivity contribution >= 4 is 5.97 Å². The number of nitrogens with one attached hydrogen (secondary N) is 1. The molecular weight excluding hydrogens is 292 g/mol. The Balaban J connectivity index is 1.58. The van der Waals surface area contributed by atoms with Gasteiger partial charge in [-0.3, -0.25) is 4.98 Å². The number of furan rings is 1. The zero-order valence-electron chi connectivity index (χ0n) is 12.4. The highest BCUT2D eigenvalue weighted by molar-refractivity contribution is 5.87. The van der Waals surface area contributed by atoms with Crippen molar-refractivity contribution in [3.05, 3.63) is 77.8 Å². The molecule has 0 amide bonds. The van der Waals surface area contributed by atoms with Gasteiger partial charge in [-0.25, -0.2) is 4.79 Å². The number of carbonyl (C=O) groups is 1. The molecule has 0 atom stereocenters. The van der Waals surface area contributed by atoms with Crippen molar-refractivity contribution in [1.82, 2.24) is 10.3 Å². The summed E-state index contributed by atoms with van der Waals surface area (Å²) >= 11 is 0. The summed E-state index contributed by atoms with van der Waals surface area (Å²) in [5.41, 5.74) is 1.95. The van der Waals surface area contributed by atoms with E-state index in [2.05, 4.69) is 10.3 Å². The fraction of sp³-hybridized carbons (Fsp3) is 0.111. The Morgan fingerprint density at radius 3 is 2.70 bits per heavy atom. The van der Waals surface area contributed by atoms with Gasteiger partial charge in [0, 0.05) is 18.3 Å². The molecule has 0 saturated carbocycles. The molecule has 2 N–H and O–H groups in total. The molecule has 2 heterocycles. The Morgan fingerprint density at radius 1 is 1.09 bits per heavy atom. The molecule has 0 aliphatic rings. The van der Waals surface area contributed by atoms with Gasteiger partial charge in [-0.15, -0.1) is 0 Å². The number of rotatable bonds is 6. The van der Waals surface area contributed by atoms with Crippen LogP contribution in [0.25, 0.3) is 11.3 Å². The Bertz CT molecular complexity index is 797. The molecule has 0 saturated heterocycles. The van der Waals surface area contributed by atoms with Gasteiger partial charge in [0.25, 0.3) is 0 Å². The highest BCUT2D eigenvalue weighted by atomic mass is 16.4. The zero-order valence-corrected chi connectivity index (χ0v) is 12.4. The molecule has 0 bridgehead atoms. The average Bonchev–Trinajstić information content (AvgIpc) is 3.05. The van der Waals surface area contributed by atoms with Crippen molar-refractivity contribution < 1.29 is 14.3 Å². The number of benzene rings is 1. The molecule has 5 nitrogen and oxygen atoms in total. The third-order valence-electron chi connectivity index (χ3n) is 3.39. The lowest BCUT2D eigenvalue weighted by Crippen LogP contribution is -2.13. The molecule has 0 spiro atoms. The van der Waals surface area contributed by atoms with E-state index >= 15 is 0 Å². The molecule has 3 aromatic rings. The lowest BCUT2D eigenvalue weighted by molar-refractivity contribution is 0.0696. The predicted molar refractivity (Wildman–Crippen MR) is 85.9 cm³/mol. The first-order chi connectivity index (χ1) is 11.2. The van der Waals surface area contributed by atoms with Crippen LogP contribution < -0.4 is 5.32 Å². The summed E-state index contributed by atoms with van der Waals surface area (Å²) in [5, 5.41) is 12.2. The van der Waals surface area contributed by atoms with E-state index in [-0.39, 0.29) is 5.56 Å². The van der Waals surface area contributed by atoms with Gasteiger partial charge in [0.2, 0.25) is 0 Å². The van der Waals surface area contributed by atoms with Crippen LogP contribution in [-0.2, 0) is 13.1 Å². The predicted octanol–water partition coefficient (Wildman–Crippen LogP) is 3.33. The second kappa shape index (κ2) is 6.89. The SMILES string of the molecule is O=C(O)c1ccnc(CNCc2ccc(-c3ccccc3)o2)c1. The fourth-order valence-corrected chi connectivity index (χ4v) is 2.25. The van der Waals surface area contributed by atoms with Crippen LogP contribution in [-0.4, -0.2) is 16.1 Å². The normalized spacial score (nSPS) is 10.6. The summed E-state index contributed by atoms with van der Waals surface area (Å²) in [5.74, 6) is 0.693. The van der Waals surface area contributed by atoms with Crippen LogP contribution in [0, 0.1) is 0 Å². The van der Waals surface area contributed by atoms with Crippen LogP contribution in [0.1, 0.15) is 21.8 Å². The van der Waals surface area contributed by atoms with Gasteiger partial charge >= 0.3 is 5.97 Å². The van der Waals surface area contributed by atoms with Crippen LogP contribution in [0.2, 0.25) is 0 Å². The van der Waals surface area contributed by atoms with E-state index in [0.717, 1.165) is 17.1 Å². The standard InChI is InChI=1S/C18H16N2O3/c21-18(22)14-8-9-20-15(10-14)11-19-12-16-6-7-17(23-16)13-4-2-1-3-5-13/h1-10,19H,11-12H2,(H,21,22). The van der Waals surface area contributed by atoms with E-state index in [0.29, 0.717) is 18.8 Å². The fourth-order valence-electron chi connectivity index (χ4n) is 2.25. The highest BCUT2D eigenvalue weighted by Crippen LogP contribution is 2.21. The van der Waals surface area contributed by atoms with Crippen molar-refractivity contribution in [3.63, 3.8) is 0 Å². The minimum Gasteiger partial charge on any atom is -0.478 e. The summed E-state index contributed by atoms with van der Waals surface area (Å²) in [7, 11) is 0. The molecule has 0 radical (unpaired) electrons. The quantitative estimate of drug-likeness (QED) is 0.730. The summed E-state index contributed by atoms with van der Waals surface area (Å²) < 4.78 is 5.79. The monoisotopic (exact) mass is 308 g/mol. The smallest absolute Gasteiger partial charge is 0.335 e. The van der Waals surface area contributed by atoms with Crippen molar-refractivity contribution in [2.45, 2.75) is 13.1 Å². The summed E-state index contributed by atoms with van der Waals surface area (Å²) in [6, 6.07) is 16.8. The second-order valence-electron chi connectivity index (χ2n) is 5.08. The third-order valence-corrected chi connectivity index (χ3v) is 3.39. The molecule has 0 fully saturated rings. The third kappa shape index (κ3) is 3.84. The number of aromatic carboxylic acids is 1. The Morgan fingerprint density at radius 2 is 1.91 bits per heavy atom. The average molecular weight is 308 g/mol. The first kappa shape index (κ1) is 15.0. The van der Waals surface area contributed by atoms with Crippen molar-refractivity contribution in [2.24, 2.45) is 0 Å². The van der Waals surface area contributed by atoms with Crippen LogP contribution in [0.5, 0.6) is 0 Å². The second-order valence-corrected chi connectivity index (χ2v) is 5.08. The molecule has 1 aromatic carbocycles. The maximum atomic E-state index is 10.9. The number of pyridine rings is 1. The lowest BCUT2D eigenvalue weighted by Gasteiger charge is -2.03. The summed E-state index contributed by atoms with van der Waals surface area (Å²) in [6.07, 6.45) is 1.50. The maximum absolute atomic E-state index is 10.9. The highest BCUT2D eigenvalue weighted by Gasteiger charge is 2.06. The number of carboxylic acids is 1. The largest absolute Gasteiger partial charge is 0.478 e. The van der Waals surface area contributed by atoms with E-state index in [1.165, 1.54) is 12.3 Å². The number of hydrogen-bond acceptors (Lipinski definition) is 4. The molecule has 116 valence electrons. The molecule has 2 aromatic heterocycles. The summed E-state index contributed by atoms with van der Waals surface area (Å²) in [4.78, 5) is 15.1. The van der Waals surface area contributed by atoms with Crippen LogP contribution in [0.15, 0.2) is 65.2 Å². The van der Waals surface area contributed by atoms with E-state index in [4.69, 9.17) is 9.52 Å². The van der Waals surface area contributed by atoms with Gasteiger partial charge < -0.3 is 14.8 Å². The van der Waals surface area contributed by atoms with Gasteiger partial charge in [-0.1, -0.05) is 30.3 Å². The number of hydrogen-bond donors (Lipinski definition) is 2. The van der Waals surface area contributed by atoms with Crippen LogP contribution in [0.3, 0.4) is 0 Å².